The molecule has 3 aromatic rings. The number of rotatable bonds is 8. The Hall–Kier alpha value is -3.45. The van der Waals surface area contributed by atoms with Crippen LogP contribution >= 0.6 is 11.6 Å². The lowest BCUT2D eigenvalue weighted by Gasteiger charge is -2.35. The smallest absolute Gasteiger partial charge is 0.227 e. The largest absolute Gasteiger partial charge is 0.340 e. The van der Waals surface area contributed by atoms with Gasteiger partial charge in [0.2, 0.25) is 5.95 Å². The van der Waals surface area contributed by atoms with Crippen molar-refractivity contribution in [2.75, 3.05) is 29.6 Å². The van der Waals surface area contributed by atoms with Gasteiger partial charge in [0.15, 0.2) is 9.84 Å². The van der Waals surface area contributed by atoms with E-state index in [4.69, 9.17) is 21.8 Å². The average Bonchev–Trinajstić information content (AvgIpc) is 2.89. The van der Waals surface area contributed by atoms with Crippen LogP contribution in [0.4, 0.5) is 17.5 Å². The van der Waals surface area contributed by atoms with Gasteiger partial charge in [-0.15, -0.1) is 0 Å². The molecule has 4 rings (SSSR count). The third-order valence-corrected chi connectivity index (χ3v) is 8.06. The molecule has 38 heavy (non-hydrogen) atoms. The van der Waals surface area contributed by atoms with Gasteiger partial charge in [-0.1, -0.05) is 17.7 Å². The van der Waals surface area contributed by atoms with Crippen molar-refractivity contribution in [2.24, 2.45) is 0 Å². The lowest BCUT2D eigenvalue weighted by Crippen LogP contribution is -2.43. The second kappa shape index (κ2) is 11.9. The Morgan fingerprint density at radius 1 is 1.18 bits per heavy atom. The number of hydrogen-bond acceptors (Lipinski definition) is 8. The number of aromatic nitrogens is 2. The number of halogens is 1. The van der Waals surface area contributed by atoms with E-state index >= 15 is 0 Å². The molecule has 0 radical (unpaired) electrons. The zero-order valence-electron chi connectivity index (χ0n) is 21.7. The van der Waals surface area contributed by atoms with Crippen molar-refractivity contribution in [1.82, 2.24) is 15.3 Å². The van der Waals surface area contributed by atoms with Crippen LogP contribution in [0.25, 0.3) is 6.08 Å². The number of sulfone groups is 1. The summed E-state index contributed by atoms with van der Waals surface area (Å²) in [6, 6.07) is 13.0. The van der Waals surface area contributed by atoms with Crippen molar-refractivity contribution in [1.29, 1.82) is 5.26 Å². The number of anilines is 3. The Morgan fingerprint density at radius 3 is 2.53 bits per heavy atom. The number of nitriles is 1. The molecule has 1 aromatic heterocycles. The third-order valence-electron chi connectivity index (χ3n) is 6.60. The Bertz CT molecular complexity index is 1470. The minimum absolute atomic E-state index is 0.196. The zero-order valence-corrected chi connectivity index (χ0v) is 23.3. The fraction of sp³-hybridized carbons (Fsp3) is 0.321. The molecule has 0 saturated carbocycles. The molecular formula is C28H31ClN6O2S. The Kier molecular flexibility index (Phi) is 8.67. The van der Waals surface area contributed by atoms with Crippen LogP contribution in [0.1, 0.15) is 35.1 Å². The van der Waals surface area contributed by atoms with Gasteiger partial charge < -0.3 is 15.5 Å². The highest BCUT2D eigenvalue weighted by Gasteiger charge is 2.25. The normalized spacial score (nSPS) is 14.4. The summed E-state index contributed by atoms with van der Waals surface area (Å²) < 4.78 is 23.9. The third kappa shape index (κ3) is 6.70. The monoisotopic (exact) mass is 550 g/mol. The molecule has 2 heterocycles. The molecule has 0 spiro atoms. The van der Waals surface area contributed by atoms with E-state index in [0.717, 1.165) is 53.9 Å². The molecule has 0 amide bonds. The summed E-state index contributed by atoms with van der Waals surface area (Å²) in [5.74, 6) is 1.24. The van der Waals surface area contributed by atoms with Crippen LogP contribution in [0.2, 0.25) is 5.02 Å². The molecule has 198 valence electrons. The highest BCUT2D eigenvalue weighted by molar-refractivity contribution is 7.90. The van der Waals surface area contributed by atoms with Gasteiger partial charge in [-0.2, -0.15) is 10.2 Å². The van der Waals surface area contributed by atoms with Crippen LogP contribution in [-0.2, 0) is 16.4 Å². The molecule has 1 saturated heterocycles. The topological polar surface area (TPSA) is 111 Å². The van der Waals surface area contributed by atoms with E-state index in [1.54, 1.807) is 24.4 Å². The lowest BCUT2D eigenvalue weighted by molar-refractivity contribution is 0.424. The van der Waals surface area contributed by atoms with Gasteiger partial charge in [-0.25, -0.2) is 13.4 Å². The molecule has 0 bridgehead atoms. The van der Waals surface area contributed by atoms with E-state index in [9.17, 15) is 8.42 Å². The first-order chi connectivity index (χ1) is 18.2. The molecule has 1 aliphatic heterocycles. The van der Waals surface area contributed by atoms with E-state index < -0.39 is 9.84 Å². The summed E-state index contributed by atoms with van der Waals surface area (Å²) >= 11 is 6.54. The molecule has 1 fully saturated rings. The van der Waals surface area contributed by atoms with Crippen LogP contribution in [0.15, 0.2) is 53.6 Å². The molecule has 0 unspecified atom stereocenters. The predicted octanol–water partition coefficient (Wildman–Crippen LogP) is 5.19. The van der Waals surface area contributed by atoms with E-state index in [-0.39, 0.29) is 10.9 Å². The van der Waals surface area contributed by atoms with Crippen molar-refractivity contribution in [3.63, 3.8) is 0 Å². The maximum absolute atomic E-state index is 12.0. The summed E-state index contributed by atoms with van der Waals surface area (Å²) in [5.41, 5.74) is 4.81. The van der Waals surface area contributed by atoms with Gasteiger partial charge in [0.25, 0.3) is 0 Å². The highest BCUT2D eigenvalue weighted by atomic mass is 35.5. The number of piperidine rings is 1. The first kappa shape index (κ1) is 27.6. The van der Waals surface area contributed by atoms with Crippen molar-refractivity contribution in [2.45, 2.75) is 44.2 Å². The first-order valence-corrected chi connectivity index (χ1v) is 14.7. The minimum atomic E-state index is -3.35. The van der Waals surface area contributed by atoms with Crippen LogP contribution in [0.5, 0.6) is 0 Å². The van der Waals surface area contributed by atoms with Gasteiger partial charge in [0.1, 0.15) is 5.82 Å². The number of allylic oxidation sites excluding steroid dienone is 1. The fourth-order valence-electron chi connectivity index (χ4n) is 4.66. The lowest BCUT2D eigenvalue weighted by atomic mass is 10.0. The van der Waals surface area contributed by atoms with Crippen LogP contribution in [-0.4, -0.2) is 43.8 Å². The predicted molar refractivity (Wildman–Crippen MR) is 153 cm³/mol. The summed E-state index contributed by atoms with van der Waals surface area (Å²) in [4.78, 5) is 11.8. The van der Waals surface area contributed by atoms with Crippen LogP contribution in [0, 0.1) is 25.2 Å². The van der Waals surface area contributed by atoms with E-state index in [1.165, 1.54) is 18.4 Å². The van der Waals surface area contributed by atoms with Gasteiger partial charge in [-0.05, 0) is 98.4 Å². The average molecular weight is 551 g/mol. The first-order valence-electron chi connectivity index (χ1n) is 12.4. The molecule has 10 heteroatoms. The molecule has 2 aromatic carbocycles. The Balaban J connectivity index is 1.65. The number of nitrogens with zero attached hydrogens (tertiary/aromatic N) is 4. The molecule has 8 nitrogen and oxygen atoms in total. The Morgan fingerprint density at radius 2 is 1.89 bits per heavy atom. The maximum atomic E-state index is 12.0. The van der Waals surface area contributed by atoms with Crippen molar-refractivity contribution >= 4 is 45.0 Å². The SMILES string of the molecule is Cc1cc(/C=C/C#N)cc(C)c1Nc1ccnc(N(Cc2ccc(S(C)(=O)=O)cc2Cl)C2CCNCC2)n1. The molecule has 1 aliphatic rings. The second-order valence-electron chi connectivity index (χ2n) is 9.49. The van der Waals surface area contributed by atoms with Gasteiger partial charge >= 0.3 is 0 Å². The van der Waals surface area contributed by atoms with Crippen molar-refractivity contribution in [3.8, 4) is 6.07 Å². The number of aryl methyl sites for hydroxylation is 2. The standard InChI is InChI=1S/C28H31ClN6O2S/c1-19-15-21(5-4-11-30)16-20(2)27(19)33-26-10-14-32-28(34-26)35(23-8-12-31-13-9-23)18-22-6-7-24(17-25(22)29)38(3,36)37/h4-7,10,14-17,23,31H,8-9,12-13,18H2,1-3H3,(H,32,33,34)/b5-4+. The highest BCUT2D eigenvalue weighted by Crippen LogP contribution is 2.29. The summed E-state index contributed by atoms with van der Waals surface area (Å²) in [6.45, 7) is 6.28. The quantitative estimate of drug-likeness (QED) is 0.369. The molecule has 0 aliphatic carbocycles. The second-order valence-corrected chi connectivity index (χ2v) is 11.9. The van der Waals surface area contributed by atoms with Crippen LogP contribution in [0.3, 0.4) is 0 Å². The summed E-state index contributed by atoms with van der Waals surface area (Å²) in [5, 5.41) is 16.1. The van der Waals surface area contributed by atoms with Crippen LogP contribution < -0.4 is 15.5 Å². The van der Waals surface area contributed by atoms with E-state index in [0.29, 0.717) is 23.3 Å². The number of nitrogens with one attached hydrogen (secondary N) is 2. The minimum Gasteiger partial charge on any atom is -0.340 e. The molecule has 2 N–H and O–H groups in total. The molecular weight excluding hydrogens is 520 g/mol. The zero-order chi connectivity index (χ0) is 27.3. The van der Waals surface area contributed by atoms with Gasteiger partial charge in [0, 0.05) is 41.8 Å². The Labute approximate surface area is 229 Å². The molecule has 0 atom stereocenters. The van der Waals surface area contributed by atoms with Crippen molar-refractivity contribution < 1.29 is 8.42 Å². The summed E-state index contributed by atoms with van der Waals surface area (Å²) in [6.07, 6.45) is 8.02. The summed E-state index contributed by atoms with van der Waals surface area (Å²) in [7, 11) is -3.35. The van der Waals surface area contributed by atoms with Gasteiger partial charge in [0.05, 0.1) is 11.0 Å². The number of benzene rings is 2. The van der Waals surface area contributed by atoms with E-state index in [1.807, 2.05) is 38.1 Å². The number of hydrogen-bond donors (Lipinski definition) is 2. The van der Waals surface area contributed by atoms with Crippen molar-refractivity contribution in [3.05, 3.63) is 75.9 Å². The maximum Gasteiger partial charge on any atom is 0.227 e. The van der Waals surface area contributed by atoms with E-state index in [2.05, 4.69) is 20.5 Å². The fourth-order valence-corrected chi connectivity index (χ4v) is 5.61. The van der Waals surface area contributed by atoms with Gasteiger partial charge in [-0.3, -0.25) is 0 Å².